The van der Waals surface area contributed by atoms with E-state index < -0.39 is 10.1 Å². The van der Waals surface area contributed by atoms with Crippen LogP contribution in [0.3, 0.4) is 0 Å². The summed E-state index contributed by atoms with van der Waals surface area (Å²) in [4.78, 5) is 0.292. The lowest BCUT2D eigenvalue weighted by Gasteiger charge is -2.21. The van der Waals surface area contributed by atoms with Crippen LogP contribution < -0.4 is 0 Å². The number of benzene rings is 1. The fraction of sp³-hybridized carbons (Fsp3) is 0.500. The molecule has 0 amide bonds. The second-order valence-corrected chi connectivity index (χ2v) is 8.33. The zero-order valence-electron chi connectivity index (χ0n) is 9.73. The predicted molar refractivity (Wildman–Crippen MR) is 87.0 cm³/mol. The van der Waals surface area contributed by atoms with Gasteiger partial charge in [0.2, 0.25) is 0 Å². The average Bonchev–Trinajstić information content (AvgIpc) is 2.33. The lowest BCUT2D eigenvalue weighted by molar-refractivity contribution is 0.162. The van der Waals surface area contributed by atoms with Crippen molar-refractivity contribution in [3.63, 3.8) is 0 Å². The third-order valence-corrected chi connectivity index (χ3v) is 6.36. The Balaban J connectivity index is 2.21. The Morgan fingerprint density at radius 1 is 1.11 bits per heavy atom. The molecular weight excluding hydrogens is 478 g/mol. The summed E-state index contributed by atoms with van der Waals surface area (Å²) in [7, 11) is -3.63. The highest BCUT2D eigenvalue weighted by Gasteiger charge is 2.25. The van der Waals surface area contributed by atoms with E-state index in [-0.39, 0.29) is 6.10 Å². The number of hydrogen-bond donors (Lipinski definition) is 0. The van der Waals surface area contributed by atoms with Gasteiger partial charge in [0.1, 0.15) is 4.90 Å². The van der Waals surface area contributed by atoms with Crippen LogP contribution in [-0.2, 0) is 14.3 Å². The van der Waals surface area contributed by atoms with Crippen molar-refractivity contribution in [2.24, 2.45) is 0 Å². The van der Waals surface area contributed by atoms with Crippen molar-refractivity contribution in [2.75, 3.05) is 0 Å². The van der Waals surface area contributed by atoms with Crippen molar-refractivity contribution < 1.29 is 12.6 Å². The lowest BCUT2D eigenvalue weighted by Crippen LogP contribution is -2.21. The van der Waals surface area contributed by atoms with E-state index in [9.17, 15) is 8.42 Å². The number of rotatable bonds is 3. The normalized spacial score (nSPS) is 17.9. The Bertz CT molecular complexity index is 522. The van der Waals surface area contributed by atoms with Crippen molar-refractivity contribution in [1.82, 2.24) is 0 Å². The predicted octanol–water partition coefficient (Wildman–Crippen LogP) is 3.93. The maximum atomic E-state index is 12.2. The molecule has 1 aromatic carbocycles. The summed E-state index contributed by atoms with van der Waals surface area (Å²) in [5.41, 5.74) is 0. The van der Waals surface area contributed by atoms with Crippen LogP contribution >= 0.6 is 45.2 Å². The third kappa shape index (κ3) is 3.80. The van der Waals surface area contributed by atoms with E-state index in [0.717, 1.165) is 29.3 Å². The Hall–Kier alpha value is 0.590. The molecule has 100 valence electrons. The van der Waals surface area contributed by atoms with Crippen molar-refractivity contribution >= 4 is 55.3 Å². The Morgan fingerprint density at radius 3 is 2.44 bits per heavy atom. The molecular formula is C12H14I2O3S. The molecule has 1 fully saturated rings. The summed E-state index contributed by atoms with van der Waals surface area (Å²) in [5, 5.41) is 0. The summed E-state index contributed by atoms with van der Waals surface area (Å²) >= 11 is 4.14. The quantitative estimate of drug-likeness (QED) is 0.475. The smallest absolute Gasteiger partial charge is 0.263 e. The third-order valence-electron chi connectivity index (χ3n) is 2.98. The number of halogens is 2. The van der Waals surface area contributed by atoms with Gasteiger partial charge in [-0.2, -0.15) is 8.42 Å². The van der Waals surface area contributed by atoms with Crippen molar-refractivity contribution in [2.45, 2.75) is 43.1 Å². The molecule has 0 saturated heterocycles. The van der Waals surface area contributed by atoms with Gasteiger partial charge < -0.3 is 0 Å². The van der Waals surface area contributed by atoms with Crippen LogP contribution in [0.4, 0.5) is 0 Å². The van der Waals surface area contributed by atoms with Crippen LogP contribution in [-0.4, -0.2) is 14.5 Å². The standard InChI is InChI=1S/C12H14I2O3S/c13-9-6-7-11(14)12(8-9)18(15,16)17-10-4-2-1-3-5-10/h6-8,10H,1-5H2. The Morgan fingerprint density at radius 2 is 1.78 bits per heavy atom. The van der Waals surface area contributed by atoms with Gasteiger partial charge in [0, 0.05) is 7.14 Å². The Kier molecular flexibility index (Phi) is 5.30. The minimum absolute atomic E-state index is 0.141. The highest BCUT2D eigenvalue weighted by atomic mass is 127. The van der Waals surface area contributed by atoms with Crippen LogP contribution in [0.2, 0.25) is 0 Å². The topological polar surface area (TPSA) is 43.4 Å². The summed E-state index contributed by atoms with van der Waals surface area (Å²) in [6, 6.07) is 5.36. The van der Waals surface area contributed by atoms with Gasteiger partial charge in [-0.05, 0) is 76.2 Å². The van der Waals surface area contributed by atoms with Crippen LogP contribution in [0.1, 0.15) is 32.1 Å². The van der Waals surface area contributed by atoms with Crippen LogP contribution in [0.25, 0.3) is 0 Å². The van der Waals surface area contributed by atoms with Gasteiger partial charge in [0.05, 0.1) is 6.10 Å². The first kappa shape index (κ1) is 15.0. The lowest BCUT2D eigenvalue weighted by atomic mass is 9.98. The molecule has 18 heavy (non-hydrogen) atoms. The minimum atomic E-state index is -3.63. The van der Waals surface area contributed by atoms with Gasteiger partial charge in [0.25, 0.3) is 10.1 Å². The fourth-order valence-corrected chi connectivity index (χ4v) is 5.14. The maximum Gasteiger partial charge on any atom is 0.298 e. The molecule has 1 aromatic rings. The fourth-order valence-electron chi connectivity index (χ4n) is 2.06. The summed E-state index contributed by atoms with van der Waals surface area (Å²) < 4.78 is 31.5. The van der Waals surface area contributed by atoms with E-state index in [4.69, 9.17) is 4.18 Å². The SMILES string of the molecule is O=S(=O)(OC1CCCCC1)c1cc(I)ccc1I. The van der Waals surface area contributed by atoms with Crippen molar-refractivity contribution in [3.8, 4) is 0 Å². The zero-order chi connectivity index (χ0) is 13.2. The highest BCUT2D eigenvalue weighted by Crippen LogP contribution is 2.27. The zero-order valence-corrected chi connectivity index (χ0v) is 14.9. The van der Waals surface area contributed by atoms with E-state index in [1.807, 2.05) is 28.7 Å². The molecule has 0 spiro atoms. The molecule has 2 rings (SSSR count). The molecule has 0 aliphatic heterocycles. The van der Waals surface area contributed by atoms with Gasteiger partial charge in [-0.15, -0.1) is 0 Å². The van der Waals surface area contributed by atoms with Crippen molar-refractivity contribution in [3.05, 3.63) is 25.3 Å². The second kappa shape index (κ2) is 6.36. The van der Waals surface area contributed by atoms with E-state index in [0.29, 0.717) is 8.47 Å². The minimum Gasteiger partial charge on any atom is -0.263 e. The van der Waals surface area contributed by atoms with Gasteiger partial charge in [-0.3, -0.25) is 4.18 Å². The van der Waals surface area contributed by atoms with E-state index in [1.165, 1.54) is 6.42 Å². The average molecular weight is 492 g/mol. The maximum absolute atomic E-state index is 12.2. The molecule has 0 aromatic heterocycles. The molecule has 6 heteroatoms. The molecule has 0 N–H and O–H groups in total. The second-order valence-electron chi connectivity index (χ2n) is 4.39. The molecule has 1 saturated carbocycles. The molecule has 0 heterocycles. The molecule has 1 aliphatic rings. The molecule has 0 atom stereocenters. The molecule has 3 nitrogen and oxygen atoms in total. The first-order valence-electron chi connectivity index (χ1n) is 5.87. The molecule has 0 unspecified atom stereocenters. The molecule has 0 bridgehead atoms. The van der Waals surface area contributed by atoms with Crippen molar-refractivity contribution in [1.29, 1.82) is 0 Å². The molecule has 1 aliphatic carbocycles. The number of hydrogen-bond acceptors (Lipinski definition) is 3. The van der Waals surface area contributed by atoms with Gasteiger partial charge >= 0.3 is 0 Å². The van der Waals surface area contributed by atoms with Crippen LogP contribution in [0.15, 0.2) is 23.1 Å². The van der Waals surface area contributed by atoms with Gasteiger partial charge in [-0.25, -0.2) is 0 Å². The van der Waals surface area contributed by atoms with Gasteiger partial charge in [0.15, 0.2) is 0 Å². The van der Waals surface area contributed by atoms with E-state index in [1.54, 1.807) is 12.1 Å². The summed E-state index contributed by atoms with van der Waals surface area (Å²) in [6.07, 6.45) is 4.85. The van der Waals surface area contributed by atoms with Crippen LogP contribution in [0.5, 0.6) is 0 Å². The van der Waals surface area contributed by atoms with E-state index in [2.05, 4.69) is 22.6 Å². The Labute approximate surface area is 135 Å². The van der Waals surface area contributed by atoms with Crippen LogP contribution in [0, 0.1) is 7.14 Å². The summed E-state index contributed by atoms with van der Waals surface area (Å²) in [5.74, 6) is 0. The highest BCUT2D eigenvalue weighted by molar-refractivity contribution is 14.1. The van der Waals surface area contributed by atoms with E-state index >= 15 is 0 Å². The monoisotopic (exact) mass is 492 g/mol. The summed E-state index contributed by atoms with van der Waals surface area (Å²) in [6.45, 7) is 0. The molecule has 0 radical (unpaired) electrons. The largest absolute Gasteiger partial charge is 0.298 e. The first-order valence-corrected chi connectivity index (χ1v) is 9.44. The van der Waals surface area contributed by atoms with Gasteiger partial charge in [-0.1, -0.05) is 19.3 Å². The first-order chi connectivity index (χ1) is 8.49.